The highest BCUT2D eigenvalue weighted by molar-refractivity contribution is 7.48. The first-order valence-corrected chi connectivity index (χ1v) is 6.90. The average Bonchev–Trinajstić information content (AvgIpc) is 2.77. The van der Waals surface area contributed by atoms with Gasteiger partial charge in [0.25, 0.3) is 0 Å². The van der Waals surface area contributed by atoms with E-state index < -0.39 is 7.82 Å². The van der Waals surface area contributed by atoms with E-state index >= 15 is 0 Å². The number of phosphoric ester groups is 1. The van der Waals surface area contributed by atoms with Crippen molar-refractivity contribution in [3.8, 4) is 0 Å². The minimum atomic E-state index is -3.26. The molecule has 1 aliphatic heterocycles. The van der Waals surface area contributed by atoms with Crippen molar-refractivity contribution in [3.05, 3.63) is 35.9 Å². The first kappa shape index (κ1) is 12.7. The lowest BCUT2D eigenvalue weighted by molar-refractivity contribution is 0.0755. The number of benzene rings is 1. The van der Waals surface area contributed by atoms with Crippen molar-refractivity contribution in [2.75, 3.05) is 26.4 Å². The van der Waals surface area contributed by atoms with Crippen LogP contribution in [0.1, 0.15) is 5.56 Å². The van der Waals surface area contributed by atoms with Crippen LogP contribution in [0.3, 0.4) is 0 Å². The Hall–Kier alpha value is -0.710. The summed E-state index contributed by atoms with van der Waals surface area (Å²) in [4.78, 5) is 0. The van der Waals surface area contributed by atoms with Gasteiger partial charge >= 0.3 is 7.82 Å². The summed E-state index contributed by atoms with van der Waals surface area (Å²) in [6, 6.07) is 9.81. The summed E-state index contributed by atoms with van der Waals surface area (Å²) >= 11 is 0. The first-order chi connectivity index (χ1) is 8.29. The van der Waals surface area contributed by atoms with E-state index in [0.717, 1.165) is 5.56 Å². The molecule has 0 unspecified atom stereocenters. The van der Waals surface area contributed by atoms with Gasteiger partial charge in [0.1, 0.15) is 0 Å². The van der Waals surface area contributed by atoms with Gasteiger partial charge in [-0.1, -0.05) is 30.3 Å². The number of phosphoric acid groups is 1. The van der Waals surface area contributed by atoms with E-state index in [4.69, 9.17) is 18.3 Å². The van der Waals surface area contributed by atoms with Crippen LogP contribution in [-0.4, -0.2) is 26.4 Å². The minimum Gasteiger partial charge on any atom is -0.374 e. The fraction of sp³-hybridized carbons (Fsp3) is 0.455. The molecular weight excluding hydrogens is 243 g/mol. The van der Waals surface area contributed by atoms with E-state index in [2.05, 4.69) is 0 Å². The Labute approximate surface area is 100 Å². The highest BCUT2D eigenvalue weighted by Crippen LogP contribution is 2.52. The van der Waals surface area contributed by atoms with Gasteiger partial charge in [-0.3, -0.25) is 13.6 Å². The van der Waals surface area contributed by atoms with E-state index in [1.54, 1.807) is 0 Å². The molecule has 0 aliphatic carbocycles. The Balaban J connectivity index is 1.59. The maximum Gasteiger partial charge on any atom is 0.475 e. The Morgan fingerprint density at radius 3 is 2.53 bits per heavy atom. The van der Waals surface area contributed by atoms with E-state index in [0.29, 0.717) is 26.4 Å². The number of ether oxygens (including phenoxy) is 1. The molecule has 94 valence electrons. The minimum absolute atomic E-state index is 0.199. The van der Waals surface area contributed by atoms with Crippen molar-refractivity contribution in [2.45, 2.75) is 6.61 Å². The third kappa shape index (κ3) is 4.22. The standard InChI is InChI=1S/C11H15O5P/c12-17(15-8-9-16-17)14-7-6-13-10-11-4-2-1-3-5-11/h1-5H,6-10H2. The second kappa shape index (κ2) is 6.28. The third-order valence-electron chi connectivity index (χ3n) is 2.17. The largest absolute Gasteiger partial charge is 0.475 e. The van der Waals surface area contributed by atoms with Crippen molar-refractivity contribution in [3.63, 3.8) is 0 Å². The van der Waals surface area contributed by atoms with Crippen molar-refractivity contribution in [1.82, 2.24) is 0 Å². The van der Waals surface area contributed by atoms with Crippen LogP contribution in [0.5, 0.6) is 0 Å². The van der Waals surface area contributed by atoms with Gasteiger partial charge in [-0.2, -0.15) is 0 Å². The molecule has 1 fully saturated rings. The predicted molar refractivity (Wildman–Crippen MR) is 61.6 cm³/mol. The van der Waals surface area contributed by atoms with E-state index in [9.17, 15) is 4.57 Å². The zero-order chi connectivity index (χ0) is 12.0. The molecule has 1 aromatic rings. The van der Waals surface area contributed by atoms with Crippen LogP contribution >= 0.6 is 7.82 Å². The summed E-state index contributed by atoms with van der Waals surface area (Å²) < 4.78 is 31.6. The monoisotopic (exact) mass is 258 g/mol. The highest BCUT2D eigenvalue weighted by Gasteiger charge is 2.31. The SMILES string of the molecule is O=P1(OCCOCc2ccccc2)OCCO1. The van der Waals surface area contributed by atoms with Crippen LogP contribution < -0.4 is 0 Å². The average molecular weight is 258 g/mol. The van der Waals surface area contributed by atoms with Crippen molar-refractivity contribution < 1.29 is 22.9 Å². The Kier molecular flexibility index (Phi) is 4.71. The number of hydrogen-bond acceptors (Lipinski definition) is 5. The van der Waals surface area contributed by atoms with E-state index in [1.807, 2.05) is 30.3 Å². The number of rotatable bonds is 6. The summed E-state index contributed by atoms with van der Waals surface area (Å²) in [5, 5.41) is 0. The van der Waals surface area contributed by atoms with E-state index in [-0.39, 0.29) is 6.61 Å². The zero-order valence-corrected chi connectivity index (χ0v) is 10.3. The van der Waals surface area contributed by atoms with Gasteiger partial charge in [0, 0.05) is 0 Å². The molecular formula is C11H15O5P. The van der Waals surface area contributed by atoms with Crippen LogP contribution in [0, 0.1) is 0 Å². The molecule has 6 heteroatoms. The quantitative estimate of drug-likeness (QED) is 0.579. The Bertz CT molecular complexity index is 371. The second-order valence-corrected chi connectivity index (χ2v) is 5.15. The van der Waals surface area contributed by atoms with Crippen LogP contribution in [0.4, 0.5) is 0 Å². The lowest BCUT2D eigenvalue weighted by Gasteiger charge is -2.09. The first-order valence-electron chi connectivity index (χ1n) is 5.44. The summed E-state index contributed by atoms with van der Waals surface area (Å²) in [6.45, 7) is 1.70. The zero-order valence-electron chi connectivity index (χ0n) is 9.41. The summed E-state index contributed by atoms with van der Waals surface area (Å²) in [7, 11) is -3.26. The maximum absolute atomic E-state index is 11.5. The van der Waals surface area contributed by atoms with Gasteiger partial charge in [0.15, 0.2) is 0 Å². The molecule has 17 heavy (non-hydrogen) atoms. The molecule has 1 aliphatic rings. The van der Waals surface area contributed by atoms with Gasteiger partial charge < -0.3 is 4.74 Å². The fourth-order valence-corrected chi connectivity index (χ4v) is 2.50. The fourth-order valence-electron chi connectivity index (χ4n) is 1.38. The normalized spacial score (nSPS) is 18.4. The molecule has 1 aromatic carbocycles. The van der Waals surface area contributed by atoms with Crippen molar-refractivity contribution >= 4 is 7.82 Å². The number of hydrogen-bond donors (Lipinski definition) is 0. The van der Waals surface area contributed by atoms with Gasteiger partial charge in [-0.15, -0.1) is 0 Å². The Morgan fingerprint density at radius 1 is 1.12 bits per heavy atom. The third-order valence-corrected chi connectivity index (χ3v) is 3.67. The predicted octanol–water partition coefficient (Wildman–Crippen LogP) is 2.37. The van der Waals surface area contributed by atoms with Gasteiger partial charge in [0.2, 0.25) is 0 Å². The molecule has 0 atom stereocenters. The summed E-state index contributed by atoms with van der Waals surface area (Å²) in [6.07, 6.45) is 0. The lowest BCUT2D eigenvalue weighted by atomic mass is 10.2. The van der Waals surface area contributed by atoms with Gasteiger partial charge in [-0.25, -0.2) is 4.57 Å². The molecule has 0 radical (unpaired) electrons. The molecule has 5 nitrogen and oxygen atoms in total. The molecule has 2 rings (SSSR count). The summed E-state index contributed by atoms with van der Waals surface area (Å²) in [5.41, 5.74) is 1.09. The van der Waals surface area contributed by atoms with Gasteiger partial charge in [0.05, 0.1) is 33.0 Å². The molecule has 0 amide bonds. The maximum atomic E-state index is 11.5. The van der Waals surface area contributed by atoms with Gasteiger partial charge in [-0.05, 0) is 5.56 Å². The molecule has 0 N–H and O–H groups in total. The molecule has 0 aromatic heterocycles. The van der Waals surface area contributed by atoms with Crippen LogP contribution in [0.15, 0.2) is 30.3 Å². The molecule has 1 saturated heterocycles. The molecule has 0 spiro atoms. The van der Waals surface area contributed by atoms with Crippen LogP contribution in [0.25, 0.3) is 0 Å². The Morgan fingerprint density at radius 2 is 1.82 bits per heavy atom. The van der Waals surface area contributed by atoms with Crippen LogP contribution in [0.2, 0.25) is 0 Å². The van der Waals surface area contributed by atoms with Crippen molar-refractivity contribution in [1.29, 1.82) is 0 Å². The highest BCUT2D eigenvalue weighted by atomic mass is 31.2. The van der Waals surface area contributed by atoms with Crippen molar-refractivity contribution in [2.24, 2.45) is 0 Å². The smallest absolute Gasteiger partial charge is 0.374 e. The topological polar surface area (TPSA) is 54.0 Å². The lowest BCUT2D eigenvalue weighted by Crippen LogP contribution is -2.03. The summed E-state index contributed by atoms with van der Waals surface area (Å²) in [5.74, 6) is 0. The van der Waals surface area contributed by atoms with E-state index in [1.165, 1.54) is 0 Å². The van der Waals surface area contributed by atoms with Crippen LogP contribution in [-0.2, 0) is 29.5 Å². The molecule has 1 heterocycles. The second-order valence-electron chi connectivity index (χ2n) is 3.49. The molecule has 0 bridgehead atoms. The molecule has 0 saturated carbocycles.